The van der Waals surface area contributed by atoms with Crippen LogP contribution in [0.3, 0.4) is 0 Å². The standard InChI is InChI=1S/C35H36F3N3O3/c1-22(42)40-20-26-18-28(25-11-9-23(10-12-25)8-5-17-44-34-30(37)16-15-29(36)33(34)38)32(31(21-40)39-26)35(43)41(27-13-14-27)19-24-6-3-2-4-7-24/h2-4,6-7,9-12,15-16,26-27,31,39H,5,8,13-14,17-21H2,1H3. The van der Waals surface area contributed by atoms with E-state index in [2.05, 4.69) is 5.32 Å². The molecule has 2 fully saturated rings. The van der Waals surface area contributed by atoms with Gasteiger partial charge in [0.05, 0.1) is 12.6 Å². The van der Waals surface area contributed by atoms with Gasteiger partial charge in [-0.1, -0.05) is 54.6 Å². The topological polar surface area (TPSA) is 61.9 Å². The van der Waals surface area contributed by atoms with E-state index < -0.39 is 23.2 Å². The average molecular weight is 604 g/mol. The van der Waals surface area contributed by atoms with Gasteiger partial charge in [0.15, 0.2) is 17.4 Å². The summed E-state index contributed by atoms with van der Waals surface area (Å²) in [7, 11) is 0. The van der Waals surface area contributed by atoms with Crippen molar-refractivity contribution in [2.45, 2.75) is 63.7 Å². The lowest BCUT2D eigenvalue weighted by Gasteiger charge is -2.44. The number of amides is 2. The van der Waals surface area contributed by atoms with Gasteiger partial charge >= 0.3 is 0 Å². The summed E-state index contributed by atoms with van der Waals surface area (Å²) in [6, 6.07) is 19.6. The fourth-order valence-electron chi connectivity index (χ4n) is 6.28. The van der Waals surface area contributed by atoms with Crippen LogP contribution < -0.4 is 10.1 Å². The summed E-state index contributed by atoms with van der Waals surface area (Å²) in [4.78, 5) is 30.6. The van der Waals surface area contributed by atoms with Crippen molar-refractivity contribution >= 4 is 17.4 Å². The zero-order valence-corrected chi connectivity index (χ0v) is 24.7. The van der Waals surface area contributed by atoms with Gasteiger partial charge in [-0.25, -0.2) is 8.78 Å². The third kappa shape index (κ3) is 6.53. The van der Waals surface area contributed by atoms with Crippen LogP contribution >= 0.6 is 0 Å². The van der Waals surface area contributed by atoms with Crippen LogP contribution in [-0.2, 0) is 22.6 Å². The summed E-state index contributed by atoms with van der Waals surface area (Å²) in [6.45, 7) is 3.19. The molecule has 0 aromatic heterocycles. The number of nitrogens with one attached hydrogen (secondary N) is 1. The Kier molecular flexibility index (Phi) is 8.75. The van der Waals surface area contributed by atoms with Gasteiger partial charge in [0.2, 0.25) is 11.7 Å². The highest BCUT2D eigenvalue weighted by molar-refractivity contribution is 6.03. The zero-order valence-electron chi connectivity index (χ0n) is 24.7. The normalized spacial score (nSPS) is 19.6. The second kappa shape index (κ2) is 12.9. The maximum Gasteiger partial charge on any atom is 0.252 e. The average Bonchev–Trinajstić information content (AvgIpc) is 3.87. The number of fused-ring (bicyclic) bond motifs is 2. The highest BCUT2D eigenvalue weighted by atomic mass is 19.2. The van der Waals surface area contributed by atoms with Crippen LogP contribution in [0.15, 0.2) is 72.3 Å². The van der Waals surface area contributed by atoms with Crippen LogP contribution in [0.1, 0.15) is 49.3 Å². The van der Waals surface area contributed by atoms with Gasteiger partial charge in [-0.15, -0.1) is 0 Å². The molecule has 3 aliphatic rings. The summed E-state index contributed by atoms with van der Waals surface area (Å²) in [5.74, 6) is -4.08. The van der Waals surface area contributed by atoms with Gasteiger partial charge in [0, 0.05) is 44.2 Å². The minimum atomic E-state index is -1.32. The molecule has 1 N–H and O–H groups in total. The smallest absolute Gasteiger partial charge is 0.252 e. The van der Waals surface area contributed by atoms with E-state index in [9.17, 15) is 22.8 Å². The Bertz CT molecular complexity index is 1560. The first kappa shape index (κ1) is 29.9. The van der Waals surface area contributed by atoms with Crippen LogP contribution in [0.25, 0.3) is 5.57 Å². The second-order valence-electron chi connectivity index (χ2n) is 11.9. The summed E-state index contributed by atoms with van der Waals surface area (Å²) < 4.78 is 46.4. The van der Waals surface area contributed by atoms with Crippen LogP contribution in [-0.4, -0.2) is 59.4 Å². The fraction of sp³-hybridized carbons (Fsp3) is 0.371. The van der Waals surface area contributed by atoms with Crippen molar-refractivity contribution in [2.75, 3.05) is 19.7 Å². The lowest BCUT2D eigenvalue weighted by molar-refractivity contribution is -0.132. The molecule has 3 aromatic rings. The number of nitrogens with zero attached hydrogens (tertiary/aromatic N) is 2. The highest BCUT2D eigenvalue weighted by Gasteiger charge is 2.43. The minimum Gasteiger partial charge on any atom is -0.488 e. The SMILES string of the molecule is CC(=O)N1CC2CC(c3ccc(CCCOc4c(F)ccc(F)c4F)cc3)=C(C(=O)N(Cc3ccccc3)C3CC3)C(C1)N2. The number of rotatable bonds is 10. The molecule has 2 bridgehead atoms. The largest absolute Gasteiger partial charge is 0.488 e. The van der Waals surface area contributed by atoms with Crippen LogP contribution in [0, 0.1) is 17.5 Å². The number of ether oxygens (including phenoxy) is 1. The molecule has 9 heteroatoms. The van der Waals surface area contributed by atoms with E-state index >= 15 is 0 Å². The number of aryl methyl sites for hydroxylation is 1. The summed E-state index contributed by atoms with van der Waals surface area (Å²) >= 11 is 0. The van der Waals surface area contributed by atoms with E-state index in [1.165, 1.54) is 0 Å². The molecule has 2 heterocycles. The fourth-order valence-corrected chi connectivity index (χ4v) is 6.28. The molecule has 2 amide bonds. The summed E-state index contributed by atoms with van der Waals surface area (Å²) in [5.41, 5.74) is 4.81. The van der Waals surface area contributed by atoms with Crippen molar-refractivity contribution < 1.29 is 27.5 Å². The molecule has 2 aliphatic heterocycles. The predicted molar refractivity (Wildman–Crippen MR) is 161 cm³/mol. The second-order valence-corrected chi connectivity index (χ2v) is 11.9. The third-order valence-electron chi connectivity index (χ3n) is 8.69. The lowest BCUT2D eigenvalue weighted by atomic mass is 9.82. The molecule has 2 atom stereocenters. The molecule has 0 spiro atoms. The van der Waals surface area contributed by atoms with Crippen molar-refractivity contribution in [2.24, 2.45) is 0 Å². The van der Waals surface area contributed by atoms with Crippen LogP contribution in [0.4, 0.5) is 13.2 Å². The van der Waals surface area contributed by atoms with Crippen LogP contribution in [0.5, 0.6) is 5.75 Å². The Morgan fingerprint density at radius 3 is 2.36 bits per heavy atom. The van der Waals surface area contributed by atoms with E-state index in [-0.39, 0.29) is 36.5 Å². The zero-order chi connectivity index (χ0) is 30.8. The van der Waals surface area contributed by atoms with Gasteiger partial charge in [0.1, 0.15) is 0 Å². The summed E-state index contributed by atoms with van der Waals surface area (Å²) in [6.07, 6.45) is 3.67. The van der Waals surface area contributed by atoms with E-state index in [4.69, 9.17) is 4.74 Å². The van der Waals surface area contributed by atoms with E-state index in [0.29, 0.717) is 38.9 Å². The number of halogens is 3. The summed E-state index contributed by atoms with van der Waals surface area (Å²) in [5, 5.41) is 3.63. The number of carbonyl (C=O) groups is 2. The van der Waals surface area contributed by atoms with E-state index in [1.807, 2.05) is 64.4 Å². The molecular weight excluding hydrogens is 567 g/mol. The van der Waals surface area contributed by atoms with E-state index in [0.717, 1.165) is 52.8 Å². The highest BCUT2D eigenvalue weighted by Crippen LogP contribution is 2.37. The first-order valence-corrected chi connectivity index (χ1v) is 15.2. The first-order chi connectivity index (χ1) is 21.3. The number of benzene rings is 3. The molecule has 2 unspecified atom stereocenters. The number of piperazine rings is 1. The number of carbonyl (C=O) groups excluding carboxylic acids is 2. The van der Waals surface area contributed by atoms with Gasteiger partial charge < -0.3 is 19.9 Å². The van der Waals surface area contributed by atoms with Crippen molar-refractivity contribution in [3.8, 4) is 5.75 Å². The van der Waals surface area contributed by atoms with Crippen molar-refractivity contribution in [3.05, 3.63) is 106 Å². The third-order valence-corrected chi connectivity index (χ3v) is 8.69. The Morgan fingerprint density at radius 2 is 1.66 bits per heavy atom. The Hall–Kier alpha value is -4.11. The molecule has 1 aliphatic carbocycles. The Labute approximate surface area is 255 Å². The number of hydrogen-bond donors (Lipinski definition) is 1. The van der Waals surface area contributed by atoms with Gasteiger partial charge in [-0.05, 0) is 66.5 Å². The Balaban J connectivity index is 1.22. The predicted octanol–water partition coefficient (Wildman–Crippen LogP) is 5.65. The van der Waals surface area contributed by atoms with Gasteiger partial charge in [0.25, 0.3) is 5.91 Å². The maximum absolute atomic E-state index is 14.4. The molecule has 230 valence electrons. The minimum absolute atomic E-state index is 0.0105. The molecular formula is C35H36F3N3O3. The van der Waals surface area contributed by atoms with Crippen molar-refractivity contribution in [3.63, 3.8) is 0 Å². The molecule has 3 aromatic carbocycles. The van der Waals surface area contributed by atoms with Gasteiger partial charge in [-0.2, -0.15) is 4.39 Å². The first-order valence-electron chi connectivity index (χ1n) is 15.2. The molecule has 44 heavy (non-hydrogen) atoms. The molecule has 1 saturated carbocycles. The van der Waals surface area contributed by atoms with Gasteiger partial charge in [-0.3, -0.25) is 9.59 Å². The Morgan fingerprint density at radius 1 is 0.932 bits per heavy atom. The maximum atomic E-state index is 14.4. The van der Waals surface area contributed by atoms with Crippen molar-refractivity contribution in [1.82, 2.24) is 15.1 Å². The molecule has 0 radical (unpaired) electrons. The molecule has 6 nitrogen and oxygen atoms in total. The molecule has 1 saturated heterocycles. The van der Waals surface area contributed by atoms with Crippen LogP contribution in [0.2, 0.25) is 0 Å². The van der Waals surface area contributed by atoms with E-state index in [1.54, 1.807) is 6.92 Å². The number of hydrogen-bond acceptors (Lipinski definition) is 4. The lowest BCUT2D eigenvalue weighted by Crippen LogP contribution is -2.61. The monoisotopic (exact) mass is 603 g/mol. The molecule has 6 rings (SSSR count). The quantitative estimate of drug-likeness (QED) is 0.240. The van der Waals surface area contributed by atoms with Crippen molar-refractivity contribution in [1.29, 1.82) is 0 Å².